The molecule has 0 unspecified atom stereocenters. The van der Waals surface area contributed by atoms with E-state index in [2.05, 4.69) is 5.32 Å². The lowest BCUT2D eigenvalue weighted by Crippen LogP contribution is -2.34. The number of aryl methyl sites for hydroxylation is 1. The first-order valence-corrected chi connectivity index (χ1v) is 8.70. The van der Waals surface area contributed by atoms with E-state index in [0.29, 0.717) is 18.0 Å². The predicted molar refractivity (Wildman–Crippen MR) is 81.1 cm³/mol. The van der Waals surface area contributed by atoms with Crippen molar-refractivity contribution in [2.75, 3.05) is 13.6 Å². The largest absolute Gasteiger partial charge is 0.316 e. The van der Waals surface area contributed by atoms with E-state index in [-0.39, 0.29) is 6.04 Å². The first kappa shape index (κ1) is 15.5. The Balaban J connectivity index is 2.38. The molecule has 1 saturated carbocycles. The Morgan fingerprint density at radius 3 is 2.60 bits per heavy atom. The second kappa shape index (κ2) is 6.24. The molecular formula is C15H24N2O2S. The summed E-state index contributed by atoms with van der Waals surface area (Å²) < 4.78 is 27.5. The summed E-state index contributed by atoms with van der Waals surface area (Å²) >= 11 is 0. The summed E-state index contributed by atoms with van der Waals surface area (Å²) in [6, 6.07) is 5.90. The molecule has 0 saturated heterocycles. The van der Waals surface area contributed by atoms with Gasteiger partial charge in [0.2, 0.25) is 10.0 Å². The molecule has 1 aromatic rings. The molecule has 4 nitrogen and oxygen atoms in total. The monoisotopic (exact) mass is 296 g/mol. The van der Waals surface area contributed by atoms with E-state index in [1.807, 2.05) is 39.1 Å². The van der Waals surface area contributed by atoms with Gasteiger partial charge in [-0.3, -0.25) is 0 Å². The topological polar surface area (TPSA) is 49.4 Å². The molecule has 1 aromatic carbocycles. The van der Waals surface area contributed by atoms with Crippen molar-refractivity contribution in [3.05, 3.63) is 29.3 Å². The van der Waals surface area contributed by atoms with Gasteiger partial charge in [-0.05, 0) is 50.4 Å². The van der Waals surface area contributed by atoms with Gasteiger partial charge in [-0.25, -0.2) is 8.42 Å². The third-order valence-corrected chi connectivity index (χ3v) is 5.71. The molecule has 0 atom stereocenters. The maximum absolute atomic E-state index is 12.9. The van der Waals surface area contributed by atoms with Crippen LogP contribution in [-0.2, 0) is 16.6 Å². The number of sulfonamides is 1. The Kier molecular flexibility index (Phi) is 4.83. The minimum absolute atomic E-state index is 0.215. The van der Waals surface area contributed by atoms with Gasteiger partial charge in [0.1, 0.15) is 0 Å². The fraction of sp³-hybridized carbons (Fsp3) is 0.600. The number of rotatable bonds is 7. The number of hydrogen-bond acceptors (Lipinski definition) is 3. The van der Waals surface area contributed by atoms with Crippen LogP contribution >= 0.6 is 0 Å². The molecule has 0 aromatic heterocycles. The molecule has 0 heterocycles. The van der Waals surface area contributed by atoms with Crippen LogP contribution in [0.15, 0.2) is 23.1 Å². The fourth-order valence-corrected chi connectivity index (χ4v) is 4.50. The van der Waals surface area contributed by atoms with Crippen molar-refractivity contribution in [3.63, 3.8) is 0 Å². The van der Waals surface area contributed by atoms with Crippen LogP contribution in [0.5, 0.6) is 0 Å². The minimum Gasteiger partial charge on any atom is -0.316 e. The highest BCUT2D eigenvalue weighted by Gasteiger charge is 2.37. The van der Waals surface area contributed by atoms with E-state index in [1.54, 1.807) is 4.31 Å². The molecule has 0 bridgehead atoms. The van der Waals surface area contributed by atoms with Crippen LogP contribution in [0.4, 0.5) is 0 Å². The van der Waals surface area contributed by atoms with Crippen molar-refractivity contribution in [1.82, 2.24) is 9.62 Å². The van der Waals surface area contributed by atoms with Gasteiger partial charge in [0.15, 0.2) is 0 Å². The van der Waals surface area contributed by atoms with Gasteiger partial charge in [-0.15, -0.1) is 0 Å². The molecular weight excluding hydrogens is 272 g/mol. The third-order valence-electron chi connectivity index (χ3n) is 3.62. The predicted octanol–water partition coefficient (Wildman–Crippen LogP) is 2.28. The first-order valence-electron chi connectivity index (χ1n) is 7.26. The molecule has 1 N–H and O–H groups in total. The SMILES string of the molecule is CCCN(C1CC1)S(=O)(=O)c1cc(CNC)ccc1C. The maximum Gasteiger partial charge on any atom is 0.243 e. The van der Waals surface area contributed by atoms with Gasteiger partial charge in [0.25, 0.3) is 0 Å². The zero-order valence-electron chi connectivity index (χ0n) is 12.5. The summed E-state index contributed by atoms with van der Waals surface area (Å²) in [6.45, 7) is 5.19. The van der Waals surface area contributed by atoms with Crippen LogP contribution in [-0.4, -0.2) is 32.4 Å². The Morgan fingerprint density at radius 2 is 2.05 bits per heavy atom. The smallest absolute Gasteiger partial charge is 0.243 e. The number of nitrogens with one attached hydrogen (secondary N) is 1. The molecule has 20 heavy (non-hydrogen) atoms. The van der Waals surface area contributed by atoms with E-state index in [1.165, 1.54) is 0 Å². The fourth-order valence-electron chi connectivity index (χ4n) is 2.44. The average molecular weight is 296 g/mol. The van der Waals surface area contributed by atoms with Crippen molar-refractivity contribution in [2.45, 2.75) is 50.6 Å². The highest BCUT2D eigenvalue weighted by molar-refractivity contribution is 7.89. The summed E-state index contributed by atoms with van der Waals surface area (Å²) in [5.41, 5.74) is 1.83. The molecule has 112 valence electrons. The van der Waals surface area contributed by atoms with Gasteiger partial charge in [0, 0.05) is 19.1 Å². The van der Waals surface area contributed by atoms with Gasteiger partial charge in [-0.2, -0.15) is 4.31 Å². The molecule has 5 heteroatoms. The maximum atomic E-state index is 12.9. The highest BCUT2D eigenvalue weighted by atomic mass is 32.2. The van der Waals surface area contributed by atoms with Crippen molar-refractivity contribution in [3.8, 4) is 0 Å². The molecule has 1 fully saturated rings. The molecule has 0 amide bonds. The second-order valence-corrected chi connectivity index (χ2v) is 7.34. The van der Waals surface area contributed by atoms with E-state index >= 15 is 0 Å². The first-order chi connectivity index (χ1) is 9.50. The average Bonchev–Trinajstić information content (AvgIpc) is 3.22. The Labute approximate surface area is 122 Å². The van der Waals surface area contributed by atoms with E-state index in [9.17, 15) is 8.42 Å². The van der Waals surface area contributed by atoms with Crippen LogP contribution in [0.2, 0.25) is 0 Å². The van der Waals surface area contributed by atoms with Crippen LogP contribution in [0.1, 0.15) is 37.3 Å². The van der Waals surface area contributed by atoms with Crippen molar-refractivity contribution in [1.29, 1.82) is 0 Å². The van der Waals surface area contributed by atoms with Gasteiger partial charge in [0.05, 0.1) is 4.90 Å². The number of hydrogen-bond donors (Lipinski definition) is 1. The summed E-state index contributed by atoms with van der Waals surface area (Å²) in [7, 11) is -1.50. The summed E-state index contributed by atoms with van der Waals surface area (Å²) in [4.78, 5) is 0.464. The standard InChI is InChI=1S/C15H24N2O2S/c1-4-9-17(14-7-8-14)20(18,19)15-10-13(11-16-3)6-5-12(15)2/h5-6,10,14,16H,4,7-9,11H2,1-3H3. The number of nitrogens with zero attached hydrogens (tertiary/aromatic N) is 1. The molecule has 1 aliphatic rings. The Hall–Kier alpha value is -0.910. The zero-order valence-corrected chi connectivity index (χ0v) is 13.3. The zero-order chi connectivity index (χ0) is 14.8. The quantitative estimate of drug-likeness (QED) is 0.840. The van der Waals surface area contributed by atoms with Crippen molar-refractivity contribution in [2.24, 2.45) is 0 Å². The number of benzene rings is 1. The summed E-state index contributed by atoms with van der Waals surface area (Å²) in [5.74, 6) is 0. The van der Waals surface area contributed by atoms with E-state index in [0.717, 1.165) is 30.4 Å². The van der Waals surface area contributed by atoms with Gasteiger partial charge in [-0.1, -0.05) is 19.1 Å². The Morgan fingerprint density at radius 1 is 1.35 bits per heavy atom. The lowest BCUT2D eigenvalue weighted by atomic mass is 10.1. The molecule has 0 radical (unpaired) electrons. The summed E-state index contributed by atoms with van der Waals surface area (Å²) in [5, 5.41) is 3.06. The lowest BCUT2D eigenvalue weighted by molar-refractivity contribution is 0.403. The third kappa shape index (κ3) is 3.22. The molecule has 0 aliphatic heterocycles. The van der Waals surface area contributed by atoms with E-state index in [4.69, 9.17) is 0 Å². The second-order valence-electron chi connectivity index (χ2n) is 5.48. The van der Waals surface area contributed by atoms with Gasteiger partial charge < -0.3 is 5.32 Å². The minimum atomic E-state index is -3.37. The summed E-state index contributed by atoms with van der Waals surface area (Å²) in [6.07, 6.45) is 2.84. The lowest BCUT2D eigenvalue weighted by Gasteiger charge is -2.22. The normalized spacial score (nSPS) is 15.8. The van der Waals surface area contributed by atoms with E-state index < -0.39 is 10.0 Å². The molecule has 2 rings (SSSR count). The molecule has 0 spiro atoms. The highest BCUT2D eigenvalue weighted by Crippen LogP contribution is 2.33. The van der Waals surface area contributed by atoms with Crippen LogP contribution in [0.25, 0.3) is 0 Å². The van der Waals surface area contributed by atoms with Crippen LogP contribution in [0.3, 0.4) is 0 Å². The Bertz CT molecular complexity index is 565. The van der Waals surface area contributed by atoms with Crippen molar-refractivity contribution >= 4 is 10.0 Å². The van der Waals surface area contributed by atoms with Crippen molar-refractivity contribution < 1.29 is 8.42 Å². The van der Waals surface area contributed by atoms with Crippen LogP contribution in [0, 0.1) is 6.92 Å². The van der Waals surface area contributed by atoms with Crippen LogP contribution < -0.4 is 5.32 Å². The molecule has 1 aliphatic carbocycles. The van der Waals surface area contributed by atoms with Gasteiger partial charge >= 0.3 is 0 Å².